The molecule has 0 spiro atoms. The van der Waals surface area contributed by atoms with Gasteiger partial charge in [-0.15, -0.1) is 0 Å². The van der Waals surface area contributed by atoms with E-state index >= 15 is 0 Å². The molecular weight excluding hydrogens is 441 g/mol. The zero-order valence-corrected chi connectivity index (χ0v) is 20.5. The van der Waals surface area contributed by atoms with Gasteiger partial charge in [0.05, 0.1) is 19.3 Å². The zero-order valence-electron chi connectivity index (χ0n) is 17.2. The molecule has 2 rings (SSSR count). The first-order valence-corrected chi connectivity index (χ1v) is 11.7. The Morgan fingerprint density at radius 2 is 1.21 bits per heavy atom. The van der Waals surface area contributed by atoms with Crippen molar-refractivity contribution in [2.75, 3.05) is 7.11 Å². The average Bonchev–Trinajstić information content (AvgIpc) is 2.67. The molecule has 0 unspecified atom stereocenters. The Bertz CT molecular complexity index is 781. The van der Waals surface area contributed by atoms with Crippen LogP contribution in [0, 0.1) is 0 Å². The fourth-order valence-electron chi connectivity index (χ4n) is 2.56. The van der Waals surface area contributed by atoms with Crippen molar-refractivity contribution in [3.8, 4) is 5.75 Å². The Morgan fingerprint density at radius 1 is 0.759 bits per heavy atom. The molecule has 2 aromatic carbocycles. The standard InChI is InChI=1S/C22H26O3S4/c1-15(2)24-20(26)28-22(17-9-7-6-8-10-17,29-21(27)25-16(3)4)18-11-13-19(23-5)14-12-18/h6-16H,1-5H3. The molecule has 0 saturated heterocycles. The van der Waals surface area contributed by atoms with Crippen molar-refractivity contribution >= 4 is 56.7 Å². The summed E-state index contributed by atoms with van der Waals surface area (Å²) in [7, 11) is 1.65. The van der Waals surface area contributed by atoms with Gasteiger partial charge in [-0.05, 0) is 98.9 Å². The summed E-state index contributed by atoms with van der Waals surface area (Å²) in [4.78, 5) is 0. The molecule has 7 heteroatoms. The average molecular weight is 467 g/mol. The number of hydrogen-bond donors (Lipinski definition) is 0. The molecule has 0 amide bonds. The third-order valence-corrected chi connectivity index (χ3v) is 6.98. The smallest absolute Gasteiger partial charge is 0.222 e. The van der Waals surface area contributed by atoms with Crippen LogP contribution in [0.3, 0.4) is 0 Å². The van der Waals surface area contributed by atoms with Crippen molar-refractivity contribution in [2.24, 2.45) is 0 Å². The normalized spacial score (nSPS) is 11.4. The second-order valence-electron chi connectivity index (χ2n) is 6.75. The lowest BCUT2D eigenvalue weighted by atomic mass is 10.0. The van der Waals surface area contributed by atoms with Gasteiger partial charge in [0.25, 0.3) is 0 Å². The van der Waals surface area contributed by atoms with Crippen LogP contribution in [0.4, 0.5) is 0 Å². The summed E-state index contributed by atoms with van der Waals surface area (Å²) in [5.74, 6) is 0.785. The first-order valence-electron chi connectivity index (χ1n) is 9.26. The van der Waals surface area contributed by atoms with Gasteiger partial charge in [0, 0.05) is 0 Å². The van der Waals surface area contributed by atoms with Crippen molar-refractivity contribution < 1.29 is 14.2 Å². The maximum Gasteiger partial charge on any atom is 0.222 e. The van der Waals surface area contributed by atoms with Gasteiger partial charge in [-0.2, -0.15) is 0 Å². The van der Waals surface area contributed by atoms with Crippen LogP contribution >= 0.6 is 48.0 Å². The molecule has 0 N–H and O–H groups in total. The molecule has 156 valence electrons. The van der Waals surface area contributed by atoms with E-state index in [1.54, 1.807) is 7.11 Å². The van der Waals surface area contributed by atoms with Gasteiger partial charge < -0.3 is 14.2 Å². The molecule has 0 aliphatic rings. The Morgan fingerprint density at radius 3 is 1.62 bits per heavy atom. The Labute approximate surface area is 192 Å². The number of thioether (sulfide) groups is 2. The van der Waals surface area contributed by atoms with Crippen molar-refractivity contribution in [1.82, 2.24) is 0 Å². The lowest BCUT2D eigenvalue weighted by Crippen LogP contribution is -2.26. The number of hydrogen-bond acceptors (Lipinski definition) is 7. The van der Waals surface area contributed by atoms with E-state index in [2.05, 4.69) is 12.1 Å². The van der Waals surface area contributed by atoms with Gasteiger partial charge in [0.1, 0.15) is 9.83 Å². The molecule has 0 atom stereocenters. The van der Waals surface area contributed by atoms with Crippen LogP contribution in [-0.2, 0) is 13.6 Å². The van der Waals surface area contributed by atoms with E-state index in [0.717, 1.165) is 16.9 Å². The number of benzene rings is 2. The molecule has 3 nitrogen and oxygen atoms in total. The number of ether oxygens (including phenoxy) is 3. The topological polar surface area (TPSA) is 27.7 Å². The Balaban J connectivity index is 2.58. The minimum Gasteiger partial charge on any atom is -0.497 e. The maximum atomic E-state index is 5.83. The first kappa shape index (κ1) is 24.0. The summed E-state index contributed by atoms with van der Waals surface area (Å²) in [5, 5.41) is 0. The SMILES string of the molecule is COc1ccc(C(SC(=S)OC(C)C)(SC(=S)OC(C)C)c2ccccc2)cc1. The maximum absolute atomic E-state index is 5.83. The van der Waals surface area contributed by atoms with Crippen LogP contribution in [0.5, 0.6) is 5.75 Å². The third-order valence-electron chi connectivity index (χ3n) is 3.74. The van der Waals surface area contributed by atoms with Crippen LogP contribution in [-0.4, -0.2) is 28.1 Å². The highest BCUT2D eigenvalue weighted by Gasteiger charge is 2.40. The monoisotopic (exact) mass is 466 g/mol. The summed E-state index contributed by atoms with van der Waals surface area (Å²) in [5.41, 5.74) is 2.06. The lowest BCUT2D eigenvalue weighted by Gasteiger charge is -2.34. The number of rotatable bonds is 7. The largest absolute Gasteiger partial charge is 0.497 e. The van der Waals surface area contributed by atoms with E-state index in [4.69, 9.17) is 38.6 Å². The summed E-state index contributed by atoms with van der Waals surface area (Å²) < 4.78 is 17.3. The van der Waals surface area contributed by atoms with E-state index < -0.39 is 4.08 Å². The van der Waals surface area contributed by atoms with Crippen molar-refractivity contribution in [1.29, 1.82) is 0 Å². The van der Waals surface area contributed by atoms with Crippen molar-refractivity contribution in [2.45, 2.75) is 44.0 Å². The quantitative estimate of drug-likeness (QED) is 0.328. The van der Waals surface area contributed by atoms with E-state index in [1.807, 2.05) is 70.2 Å². The Hall–Kier alpha value is -1.28. The predicted octanol–water partition coefficient (Wildman–Crippen LogP) is 6.78. The van der Waals surface area contributed by atoms with Crippen LogP contribution in [0.15, 0.2) is 54.6 Å². The van der Waals surface area contributed by atoms with Gasteiger partial charge in [-0.25, -0.2) is 0 Å². The molecule has 0 bridgehead atoms. The van der Waals surface area contributed by atoms with Crippen LogP contribution in [0.25, 0.3) is 0 Å². The highest BCUT2D eigenvalue weighted by molar-refractivity contribution is 8.36. The third kappa shape index (κ3) is 6.88. The molecule has 2 aromatic rings. The van der Waals surface area contributed by atoms with Gasteiger partial charge in [0.2, 0.25) is 8.77 Å². The predicted molar refractivity (Wildman–Crippen MR) is 133 cm³/mol. The summed E-state index contributed by atoms with van der Waals surface area (Å²) >= 11 is 14.1. The second kappa shape index (κ2) is 11.2. The zero-order chi connectivity index (χ0) is 21.4. The van der Waals surface area contributed by atoms with Crippen LogP contribution in [0.2, 0.25) is 0 Å². The fourth-order valence-corrected chi connectivity index (χ4v) is 6.60. The number of thiocarbonyl (C=S) groups is 2. The molecule has 0 radical (unpaired) electrons. The summed E-state index contributed by atoms with van der Waals surface area (Å²) in [6.45, 7) is 7.85. The van der Waals surface area contributed by atoms with E-state index in [0.29, 0.717) is 8.77 Å². The van der Waals surface area contributed by atoms with E-state index in [9.17, 15) is 0 Å². The van der Waals surface area contributed by atoms with Crippen molar-refractivity contribution in [3.63, 3.8) is 0 Å². The molecule has 0 aliphatic heterocycles. The highest BCUT2D eigenvalue weighted by atomic mass is 32.2. The second-order valence-corrected chi connectivity index (χ2v) is 10.6. The van der Waals surface area contributed by atoms with Gasteiger partial charge in [-0.3, -0.25) is 0 Å². The van der Waals surface area contributed by atoms with E-state index in [1.165, 1.54) is 23.5 Å². The molecule has 0 aromatic heterocycles. The first-order chi connectivity index (χ1) is 13.8. The van der Waals surface area contributed by atoms with Crippen LogP contribution < -0.4 is 4.74 Å². The summed E-state index contributed by atoms with van der Waals surface area (Å²) in [6.07, 6.45) is -0.0218. The fraction of sp³-hybridized carbons (Fsp3) is 0.364. The van der Waals surface area contributed by atoms with Crippen LogP contribution in [0.1, 0.15) is 38.8 Å². The number of methoxy groups -OCH3 is 1. The minimum atomic E-state index is -0.661. The van der Waals surface area contributed by atoms with Crippen molar-refractivity contribution in [3.05, 3.63) is 65.7 Å². The molecular formula is C22H26O3S4. The molecule has 0 fully saturated rings. The minimum absolute atomic E-state index is 0.0109. The molecule has 29 heavy (non-hydrogen) atoms. The molecule has 0 heterocycles. The van der Waals surface area contributed by atoms with E-state index in [-0.39, 0.29) is 12.2 Å². The molecule has 0 aliphatic carbocycles. The van der Waals surface area contributed by atoms with Gasteiger partial charge >= 0.3 is 0 Å². The van der Waals surface area contributed by atoms with Gasteiger partial charge in [-0.1, -0.05) is 42.5 Å². The Kier molecular flexibility index (Phi) is 9.27. The summed E-state index contributed by atoms with van der Waals surface area (Å²) in [6, 6.07) is 18.1. The molecule has 0 saturated carbocycles. The highest BCUT2D eigenvalue weighted by Crippen LogP contribution is 2.53. The van der Waals surface area contributed by atoms with Gasteiger partial charge in [0.15, 0.2) is 0 Å². The lowest BCUT2D eigenvalue weighted by molar-refractivity contribution is 0.243.